The molecule has 2 heterocycles. The lowest BCUT2D eigenvalue weighted by Gasteiger charge is -2.29. The average Bonchev–Trinajstić information content (AvgIpc) is 2.72. The van der Waals surface area contributed by atoms with Crippen LogP contribution in [0, 0.1) is 12.8 Å². The first-order valence-electron chi connectivity index (χ1n) is 6.10. The van der Waals surface area contributed by atoms with Crippen molar-refractivity contribution < 1.29 is 12.8 Å². The molecule has 1 aliphatic rings. The van der Waals surface area contributed by atoms with E-state index in [2.05, 4.69) is 6.92 Å². The number of nitrogens with zero attached hydrogens (tertiary/aromatic N) is 1. The second kappa shape index (κ2) is 5.23. The number of aryl methyl sites for hydroxylation is 1. The maximum absolute atomic E-state index is 12.5. The number of alkyl halides is 1. The van der Waals surface area contributed by atoms with Crippen molar-refractivity contribution in [2.45, 2.75) is 37.5 Å². The summed E-state index contributed by atoms with van der Waals surface area (Å²) in [6, 6.07) is 1.54. The number of hydrogen-bond acceptors (Lipinski definition) is 3. The lowest BCUT2D eigenvalue weighted by Crippen LogP contribution is -2.37. The quantitative estimate of drug-likeness (QED) is 0.805. The molecule has 0 bridgehead atoms. The highest BCUT2D eigenvalue weighted by Gasteiger charge is 2.31. The van der Waals surface area contributed by atoms with Gasteiger partial charge in [0.1, 0.15) is 16.4 Å². The van der Waals surface area contributed by atoms with Crippen molar-refractivity contribution in [2.75, 3.05) is 13.1 Å². The predicted molar refractivity (Wildman–Crippen MR) is 70.2 cm³/mol. The Labute approximate surface area is 113 Å². The normalized spacial score (nSPS) is 19.3. The Balaban J connectivity index is 2.27. The first kappa shape index (κ1) is 13.9. The Morgan fingerprint density at radius 3 is 2.56 bits per heavy atom. The molecular formula is C12H18ClNO3S. The standard InChI is InChI=1S/C12H18ClNO3S/c1-9-3-5-14(6-4-9)18(15,16)12-7-11(8-13)17-10(12)2/h7,9H,3-6,8H2,1-2H3. The van der Waals surface area contributed by atoms with Gasteiger partial charge in [-0.1, -0.05) is 6.92 Å². The summed E-state index contributed by atoms with van der Waals surface area (Å²) in [5, 5.41) is 0. The molecule has 1 aromatic rings. The molecule has 0 N–H and O–H groups in total. The Kier molecular flexibility index (Phi) is 4.04. The van der Waals surface area contributed by atoms with E-state index >= 15 is 0 Å². The van der Waals surface area contributed by atoms with Crippen LogP contribution in [0.3, 0.4) is 0 Å². The predicted octanol–water partition coefficient (Wildman–Crippen LogP) is 2.75. The van der Waals surface area contributed by atoms with Gasteiger partial charge in [0.15, 0.2) is 0 Å². The molecule has 0 radical (unpaired) electrons. The first-order valence-corrected chi connectivity index (χ1v) is 8.08. The van der Waals surface area contributed by atoms with Crippen LogP contribution in [-0.4, -0.2) is 25.8 Å². The number of hydrogen-bond donors (Lipinski definition) is 0. The van der Waals surface area contributed by atoms with E-state index in [1.54, 1.807) is 11.2 Å². The van der Waals surface area contributed by atoms with Gasteiger partial charge in [0, 0.05) is 19.2 Å². The van der Waals surface area contributed by atoms with E-state index < -0.39 is 10.0 Å². The first-order chi connectivity index (χ1) is 8.45. The van der Waals surface area contributed by atoms with Gasteiger partial charge in [0.2, 0.25) is 10.0 Å². The van der Waals surface area contributed by atoms with E-state index in [-0.39, 0.29) is 10.8 Å². The van der Waals surface area contributed by atoms with E-state index in [0.29, 0.717) is 30.5 Å². The molecule has 4 nitrogen and oxygen atoms in total. The molecule has 0 saturated carbocycles. The summed E-state index contributed by atoms with van der Waals surface area (Å²) in [5.74, 6) is 1.70. The van der Waals surface area contributed by atoms with Crippen molar-refractivity contribution in [2.24, 2.45) is 5.92 Å². The molecule has 0 unspecified atom stereocenters. The zero-order chi connectivity index (χ0) is 13.3. The lowest BCUT2D eigenvalue weighted by molar-refractivity contribution is 0.287. The number of piperidine rings is 1. The smallest absolute Gasteiger partial charge is 0.246 e. The zero-order valence-electron chi connectivity index (χ0n) is 10.6. The summed E-state index contributed by atoms with van der Waals surface area (Å²) in [6.07, 6.45) is 1.83. The summed E-state index contributed by atoms with van der Waals surface area (Å²) in [6.45, 7) is 4.99. The molecule has 102 valence electrons. The molecule has 1 fully saturated rings. The third-order valence-electron chi connectivity index (χ3n) is 3.42. The topological polar surface area (TPSA) is 50.5 Å². The summed E-state index contributed by atoms with van der Waals surface area (Å²) in [7, 11) is -3.42. The van der Waals surface area contributed by atoms with Gasteiger partial charge >= 0.3 is 0 Å². The highest BCUT2D eigenvalue weighted by Crippen LogP contribution is 2.27. The molecule has 0 spiro atoms. The van der Waals surface area contributed by atoms with Crippen LogP contribution in [0.1, 0.15) is 31.3 Å². The molecule has 0 amide bonds. The molecule has 0 aromatic carbocycles. The number of halogens is 1. The van der Waals surface area contributed by atoms with E-state index in [1.165, 1.54) is 6.07 Å². The molecule has 6 heteroatoms. The average molecular weight is 292 g/mol. The van der Waals surface area contributed by atoms with Gasteiger partial charge in [-0.05, 0) is 25.7 Å². The van der Waals surface area contributed by atoms with Crippen molar-refractivity contribution in [1.29, 1.82) is 0 Å². The number of rotatable bonds is 3. The second-order valence-electron chi connectivity index (χ2n) is 4.85. The second-order valence-corrected chi connectivity index (χ2v) is 7.03. The zero-order valence-corrected chi connectivity index (χ0v) is 12.2. The van der Waals surface area contributed by atoms with Gasteiger partial charge in [-0.25, -0.2) is 8.42 Å². The van der Waals surface area contributed by atoms with Crippen molar-refractivity contribution in [3.8, 4) is 0 Å². The molecule has 1 aliphatic heterocycles. The Morgan fingerprint density at radius 1 is 1.44 bits per heavy atom. The number of sulfonamides is 1. The van der Waals surface area contributed by atoms with Crippen molar-refractivity contribution in [3.05, 3.63) is 17.6 Å². The maximum atomic E-state index is 12.5. The fraction of sp³-hybridized carbons (Fsp3) is 0.667. The van der Waals surface area contributed by atoms with Crippen LogP contribution in [0.4, 0.5) is 0 Å². The van der Waals surface area contributed by atoms with Gasteiger partial charge in [0.05, 0.1) is 5.88 Å². The summed E-state index contributed by atoms with van der Waals surface area (Å²) < 4.78 is 31.8. The largest absolute Gasteiger partial charge is 0.464 e. The molecule has 1 saturated heterocycles. The highest BCUT2D eigenvalue weighted by atomic mass is 35.5. The fourth-order valence-electron chi connectivity index (χ4n) is 2.21. The van der Waals surface area contributed by atoms with Crippen LogP contribution >= 0.6 is 11.6 Å². The van der Waals surface area contributed by atoms with Crippen molar-refractivity contribution in [1.82, 2.24) is 4.31 Å². The summed E-state index contributed by atoms with van der Waals surface area (Å²) in [4.78, 5) is 0.257. The van der Waals surface area contributed by atoms with Crippen LogP contribution in [0.5, 0.6) is 0 Å². The van der Waals surface area contributed by atoms with E-state index in [1.807, 2.05) is 0 Å². The van der Waals surface area contributed by atoms with Crippen LogP contribution in [0.2, 0.25) is 0 Å². The van der Waals surface area contributed by atoms with Gasteiger partial charge < -0.3 is 4.42 Å². The molecule has 0 aliphatic carbocycles. The Hall–Kier alpha value is -0.520. The Bertz CT molecular complexity index is 515. The van der Waals surface area contributed by atoms with Gasteiger partial charge in [-0.15, -0.1) is 11.6 Å². The molecule has 1 aromatic heterocycles. The highest BCUT2D eigenvalue weighted by molar-refractivity contribution is 7.89. The minimum absolute atomic E-state index is 0.188. The van der Waals surface area contributed by atoms with Crippen molar-refractivity contribution in [3.63, 3.8) is 0 Å². The van der Waals surface area contributed by atoms with E-state index in [0.717, 1.165) is 12.8 Å². The SMILES string of the molecule is Cc1oc(CCl)cc1S(=O)(=O)N1CCC(C)CC1. The van der Waals surface area contributed by atoms with Crippen LogP contribution < -0.4 is 0 Å². The van der Waals surface area contributed by atoms with Crippen LogP contribution in [-0.2, 0) is 15.9 Å². The van der Waals surface area contributed by atoms with Gasteiger partial charge in [-0.3, -0.25) is 0 Å². The fourth-order valence-corrected chi connectivity index (χ4v) is 4.00. The van der Waals surface area contributed by atoms with Gasteiger partial charge in [0.25, 0.3) is 0 Å². The molecule has 0 atom stereocenters. The minimum atomic E-state index is -3.42. The minimum Gasteiger partial charge on any atom is -0.464 e. The van der Waals surface area contributed by atoms with E-state index in [4.69, 9.17) is 16.0 Å². The van der Waals surface area contributed by atoms with Crippen LogP contribution in [0.25, 0.3) is 0 Å². The third-order valence-corrected chi connectivity index (χ3v) is 5.68. The maximum Gasteiger partial charge on any atom is 0.246 e. The third kappa shape index (κ3) is 2.58. The van der Waals surface area contributed by atoms with Gasteiger partial charge in [-0.2, -0.15) is 4.31 Å². The molecule has 2 rings (SSSR count). The number of furan rings is 1. The Morgan fingerprint density at radius 2 is 2.06 bits per heavy atom. The van der Waals surface area contributed by atoms with E-state index in [9.17, 15) is 8.42 Å². The lowest BCUT2D eigenvalue weighted by atomic mass is 10.0. The van der Waals surface area contributed by atoms with Crippen LogP contribution in [0.15, 0.2) is 15.4 Å². The monoisotopic (exact) mass is 291 g/mol. The molecular weight excluding hydrogens is 274 g/mol. The van der Waals surface area contributed by atoms with Crippen molar-refractivity contribution >= 4 is 21.6 Å². The molecule has 18 heavy (non-hydrogen) atoms. The summed E-state index contributed by atoms with van der Waals surface area (Å²) in [5.41, 5.74) is 0. The summed E-state index contributed by atoms with van der Waals surface area (Å²) >= 11 is 5.67.